The molecule has 0 fully saturated rings. The monoisotopic (exact) mass is 344 g/mol. The van der Waals surface area contributed by atoms with Gasteiger partial charge in [0.1, 0.15) is 0 Å². The van der Waals surface area contributed by atoms with Crippen LogP contribution in [0.2, 0.25) is 0 Å². The second-order valence-electron chi connectivity index (χ2n) is 0. The van der Waals surface area contributed by atoms with E-state index in [9.17, 15) is 0 Å². The fourth-order valence-corrected chi connectivity index (χ4v) is 0. The third-order valence-corrected chi connectivity index (χ3v) is 0. The first kappa shape index (κ1) is 25.2. The molecule has 0 aliphatic carbocycles. The Morgan fingerprint density at radius 1 is 1.25 bits per heavy atom. The van der Waals surface area contributed by atoms with Gasteiger partial charge in [0.2, 0.25) is 0 Å². The number of rotatable bonds is 0. The Kier molecular flexibility index (Phi) is 100. The summed E-state index contributed by atoms with van der Waals surface area (Å²) < 4.78 is 0. The summed E-state index contributed by atoms with van der Waals surface area (Å²) in [4.78, 5) is 0. The van der Waals surface area contributed by atoms with E-state index >= 15 is 0 Å². The summed E-state index contributed by atoms with van der Waals surface area (Å²) in [6.45, 7) is 0. The second-order valence-corrected chi connectivity index (χ2v) is 0. The Hall–Kier alpha value is 3.70. The molecule has 0 saturated carbocycles. The van der Waals surface area contributed by atoms with Crippen LogP contribution in [0.4, 0.5) is 0 Å². The summed E-state index contributed by atoms with van der Waals surface area (Å²) in [5.41, 5.74) is 0. The maximum Gasteiger partial charge on any atom is 2.00 e. The maximum absolute atomic E-state index is 0. The number of hydrogen-bond donors (Lipinski definition) is 0. The van der Waals surface area contributed by atoms with Gasteiger partial charge in [-0.1, -0.05) is 0 Å². The molecule has 0 N–H and O–H groups in total. The molecule has 0 bridgehead atoms. The Morgan fingerprint density at radius 3 is 1.25 bits per heavy atom. The summed E-state index contributed by atoms with van der Waals surface area (Å²) in [5.74, 6) is 0. The Balaban J connectivity index is 0. The third kappa shape index (κ3) is 9.20. The molecule has 0 unspecified atom stereocenters. The Bertz CT molecular complexity index is 13.5. The fraction of sp³-hybridized carbons (Fsp3) is 0. The van der Waals surface area contributed by atoms with Gasteiger partial charge in [-0.15, -0.1) is 0 Å². The summed E-state index contributed by atoms with van der Waals surface area (Å²) in [6, 6.07) is 0. The molecule has 0 aromatic heterocycles. The molecular weight excluding hydrogens is 341 g/mol. The van der Waals surface area contributed by atoms with Crippen molar-refractivity contribution in [2.75, 3.05) is 0 Å². The number of hydrogen-bond acceptors (Lipinski definition) is 0. The van der Waals surface area contributed by atoms with Crippen LogP contribution in [0.15, 0.2) is 0 Å². The molecule has 4 heteroatoms. The Labute approximate surface area is 115 Å². The van der Waals surface area contributed by atoms with Crippen LogP contribution in [-0.4, -0.2) is 45.5 Å². The fourth-order valence-electron chi connectivity index (χ4n) is 0. The van der Waals surface area contributed by atoms with Crippen LogP contribution in [0, 0.1) is 35.6 Å². The zero-order chi connectivity index (χ0) is 0. The average molecular weight is 343 g/mol. The minimum absolute atomic E-state index is 0. The van der Waals surface area contributed by atoms with Crippen LogP contribution in [0.1, 0.15) is 2.85 Å². The molecule has 0 aromatic rings. The molecule has 0 amide bonds. The van der Waals surface area contributed by atoms with Crippen LogP contribution >= 0.6 is 0 Å². The molecule has 0 rings (SSSR count). The van der Waals surface area contributed by atoms with E-state index < -0.39 is 0 Å². The SMILES string of the molecule is [Co].[Fe].[H-].[H-].[La].[Sr+2]. The molecule has 0 saturated heterocycles. The minimum Gasteiger partial charge on any atom is -1.00 e. The maximum atomic E-state index is 0. The van der Waals surface area contributed by atoms with E-state index in [1.165, 1.54) is 0 Å². The topological polar surface area (TPSA) is 0 Å². The van der Waals surface area contributed by atoms with E-state index in [2.05, 4.69) is 0 Å². The van der Waals surface area contributed by atoms with Crippen molar-refractivity contribution in [1.82, 2.24) is 0 Å². The summed E-state index contributed by atoms with van der Waals surface area (Å²) in [7, 11) is 0. The van der Waals surface area contributed by atoms with E-state index in [4.69, 9.17) is 0 Å². The van der Waals surface area contributed by atoms with Crippen LogP contribution in [0.3, 0.4) is 0 Å². The zero-order valence-electron chi connectivity index (χ0n) is 3.97. The van der Waals surface area contributed by atoms with Crippen LogP contribution in [-0.2, 0) is 33.8 Å². The third-order valence-electron chi connectivity index (χ3n) is 0. The van der Waals surface area contributed by atoms with Crippen LogP contribution < -0.4 is 0 Å². The van der Waals surface area contributed by atoms with Gasteiger partial charge in [-0.2, -0.15) is 0 Å². The van der Waals surface area contributed by atoms with Gasteiger partial charge < -0.3 is 2.85 Å². The first-order valence-electron chi connectivity index (χ1n) is 0. The molecule has 0 aromatic carbocycles. The van der Waals surface area contributed by atoms with Crippen molar-refractivity contribution in [3.05, 3.63) is 0 Å². The van der Waals surface area contributed by atoms with Crippen LogP contribution in [0.5, 0.6) is 0 Å². The largest absolute Gasteiger partial charge is 2.00 e. The second kappa shape index (κ2) is 15.9. The summed E-state index contributed by atoms with van der Waals surface area (Å²) >= 11 is 0. The Morgan fingerprint density at radius 2 is 1.25 bits per heavy atom. The van der Waals surface area contributed by atoms with E-state index in [-0.39, 0.29) is 118 Å². The van der Waals surface area contributed by atoms with E-state index in [0.717, 1.165) is 0 Å². The van der Waals surface area contributed by atoms with Crippen molar-refractivity contribution in [1.29, 1.82) is 0 Å². The van der Waals surface area contributed by atoms with Gasteiger partial charge in [-0.3, -0.25) is 0 Å². The summed E-state index contributed by atoms with van der Waals surface area (Å²) in [6.07, 6.45) is 0. The van der Waals surface area contributed by atoms with Crippen molar-refractivity contribution < 1.29 is 72.3 Å². The average Bonchev–Trinajstić information content (AvgIpc) is 0. The van der Waals surface area contributed by atoms with Gasteiger partial charge in [0.25, 0.3) is 0 Å². The van der Waals surface area contributed by atoms with Gasteiger partial charge >= 0.3 is 45.5 Å². The zero-order valence-corrected chi connectivity index (χ0v) is 11.2. The van der Waals surface area contributed by atoms with E-state index in [0.29, 0.717) is 0 Å². The van der Waals surface area contributed by atoms with Gasteiger partial charge in [0.05, 0.1) is 0 Å². The standard InChI is InChI=1S/Co.Fe.La.Sr.2H/q;;;+2;2*-1. The van der Waals surface area contributed by atoms with Crippen molar-refractivity contribution in [3.63, 3.8) is 0 Å². The molecule has 0 spiro atoms. The molecule has 4 heavy (non-hydrogen) atoms. The van der Waals surface area contributed by atoms with Gasteiger partial charge in [-0.25, -0.2) is 0 Å². The molecule has 0 heterocycles. The van der Waals surface area contributed by atoms with E-state index in [1.54, 1.807) is 0 Å². The van der Waals surface area contributed by atoms with E-state index in [1.807, 2.05) is 0 Å². The quantitative estimate of drug-likeness (QED) is 0.537. The predicted molar refractivity (Wildman–Crippen MR) is 7.98 cm³/mol. The smallest absolute Gasteiger partial charge is 1.00 e. The van der Waals surface area contributed by atoms with Crippen LogP contribution in [0.25, 0.3) is 0 Å². The minimum atomic E-state index is 0. The first-order valence-corrected chi connectivity index (χ1v) is 0. The molecule has 0 nitrogen and oxygen atoms in total. The molecular formula is H2CoFeLaSr. The molecule has 2 radical (unpaired) electrons. The van der Waals surface area contributed by atoms with Crippen molar-refractivity contribution in [2.24, 2.45) is 0 Å². The van der Waals surface area contributed by atoms with Gasteiger partial charge in [0.15, 0.2) is 0 Å². The molecule has 0 aliphatic heterocycles. The van der Waals surface area contributed by atoms with Crippen molar-refractivity contribution in [3.8, 4) is 0 Å². The van der Waals surface area contributed by atoms with Crippen molar-refractivity contribution >= 4 is 45.5 Å². The normalized spacial score (nSPS) is 0. The first-order chi connectivity index (χ1) is 0. The molecule has 0 aliphatic rings. The van der Waals surface area contributed by atoms with Gasteiger partial charge in [-0.05, 0) is 0 Å². The van der Waals surface area contributed by atoms with Crippen molar-refractivity contribution in [2.45, 2.75) is 0 Å². The predicted octanol–water partition coefficient (Wildman–Crippen LogP) is -0.161. The molecule has 0 atom stereocenters. The molecule has 24 valence electrons. The van der Waals surface area contributed by atoms with Gasteiger partial charge in [0, 0.05) is 69.4 Å². The summed E-state index contributed by atoms with van der Waals surface area (Å²) in [5, 5.41) is 0.